The van der Waals surface area contributed by atoms with Crippen LogP contribution in [0.15, 0.2) is 30.3 Å². The van der Waals surface area contributed by atoms with E-state index in [1.54, 1.807) is 41.8 Å². The molecule has 0 saturated carbocycles. The van der Waals surface area contributed by atoms with E-state index in [9.17, 15) is 37.4 Å². The zero-order valence-electron chi connectivity index (χ0n) is 25.0. The maximum Gasteiger partial charge on any atom is 0.407 e. The average Bonchev–Trinajstić information content (AvgIpc) is 2.98. The molecule has 4 atom stereocenters. The lowest BCUT2D eigenvalue weighted by atomic mass is 10.0. The van der Waals surface area contributed by atoms with Crippen molar-refractivity contribution in [2.24, 2.45) is 0 Å². The van der Waals surface area contributed by atoms with Crippen LogP contribution in [0, 0.1) is 5.82 Å². The first-order valence-corrected chi connectivity index (χ1v) is 14.8. The van der Waals surface area contributed by atoms with E-state index in [0.717, 1.165) is 5.56 Å². The number of morpholine rings is 1. The number of hydrogen-bond donors (Lipinski definition) is 2. The Morgan fingerprint density at radius 3 is 2.47 bits per heavy atom. The molecule has 2 aromatic rings. The Morgan fingerprint density at radius 2 is 1.80 bits per heavy atom. The van der Waals surface area contributed by atoms with Crippen LogP contribution in [-0.4, -0.2) is 125 Å². The van der Waals surface area contributed by atoms with Gasteiger partial charge in [0.05, 0.1) is 38.1 Å². The number of ether oxygens (including phenoxy) is 2. The quantitative estimate of drug-likeness (QED) is 0.441. The summed E-state index contributed by atoms with van der Waals surface area (Å²) in [5.74, 6) is -0.577. The number of carbonyl (C=O) groups excluding carboxylic acids is 1. The predicted octanol–water partition coefficient (Wildman–Crippen LogP) is 2.73. The van der Waals surface area contributed by atoms with Crippen LogP contribution in [0.4, 0.5) is 28.0 Å². The lowest BCUT2D eigenvalue weighted by Gasteiger charge is -2.47. The molecular weight excluding hydrogens is 602 g/mol. The highest BCUT2D eigenvalue weighted by atomic mass is 19.4. The first-order chi connectivity index (χ1) is 21.3. The number of aromatic nitrogens is 1. The van der Waals surface area contributed by atoms with Gasteiger partial charge in [0, 0.05) is 38.3 Å². The van der Waals surface area contributed by atoms with Gasteiger partial charge in [-0.05, 0) is 49.6 Å². The maximum absolute atomic E-state index is 14.1. The molecule has 5 rings (SSSR count). The zero-order valence-corrected chi connectivity index (χ0v) is 25.0. The molecule has 0 radical (unpaired) electrons. The van der Waals surface area contributed by atoms with E-state index >= 15 is 0 Å². The fourth-order valence-corrected chi connectivity index (χ4v) is 6.27. The Hall–Kier alpha value is -3.53. The van der Waals surface area contributed by atoms with Crippen LogP contribution in [0.1, 0.15) is 30.7 Å². The number of rotatable bonds is 7. The Kier molecular flexibility index (Phi) is 9.82. The van der Waals surface area contributed by atoms with Gasteiger partial charge in [0.15, 0.2) is 0 Å². The Bertz CT molecular complexity index is 1380. The molecule has 2 N–H and O–H groups in total. The number of hydrogen-bond acceptors (Lipinski definition) is 8. The van der Waals surface area contributed by atoms with Gasteiger partial charge in [0.1, 0.15) is 24.2 Å². The van der Waals surface area contributed by atoms with Gasteiger partial charge < -0.3 is 29.5 Å². The van der Waals surface area contributed by atoms with Gasteiger partial charge >= 0.3 is 12.3 Å². The number of amides is 2. The van der Waals surface area contributed by atoms with E-state index in [0.29, 0.717) is 23.4 Å². The summed E-state index contributed by atoms with van der Waals surface area (Å²) in [4.78, 5) is 36.3. The molecule has 1 aromatic heterocycles. The van der Waals surface area contributed by atoms with Gasteiger partial charge in [-0.15, -0.1) is 0 Å². The normalized spacial score (nSPS) is 24.7. The van der Waals surface area contributed by atoms with Crippen molar-refractivity contribution >= 4 is 17.7 Å². The van der Waals surface area contributed by atoms with E-state index in [4.69, 9.17) is 9.47 Å². The highest BCUT2D eigenvalue weighted by Gasteiger charge is 2.47. The number of nitrogens with zero attached hydrogens (tertiary/aromatic N) is 5. The minimum atomic E-state index is -4.53. The number of piperazine rings is 1. The third-order valence-corrected chi connectivity index (χ3v) is 8.63. The minimum Gasteiger partial charge on any atom is -0.474 e. The third kappa shape index (κ3) is 7.32. The Balaban J connectivity index is 1.41. The van der Waals surface area contributed by atoms with E-state index in [1.807, 2.05) is 0 Å². The monoisotopic (exact) mass is 639 g/mol. The van der Waals surface area contributed by atoms with Crippen LogP contribution in [0.25, 0.3) is 0 Å². The number of halogens is 4. The average molecular weight is 640 g/mol. The number of aliphatic hydroxyl groups is 1. The molecule has 2 amide bonds. The van der Waals surface area contributed by atoms with Crippen molar-refractivity contribution in [3.8, 4) is 5.88 Å². The summed E-state index contributed by atoms with van der Waals surface area (Å²) in [5.41, 5.74) is 2.12. The first-order valence-electron chi connectivity index (χ1n) is 14.8. The first kappa shape index (κ1) is 32.9. The van der Waals surface area contributed by atoms with Crippen molar-refractivity contribution in [1.82, 2.24) is 19.7 Å². The van der Waals surface area contributed by atoms with Crippen LogP contribution in [0.3, 0.4) is 0 Å². The van der Waals surface area contributed by atoms with Crippen molar-refractivity contribution in [3.05, 3.63) is 53.0 Å². The molecule has 2 saturated heterocycles. The van der Waals surface area contributed by atoms with Gasteiger partial charge in [-0.1, -0.05) is 12.1 Å². The summed E-state index contributed by atoms with van der Waals surface area (Å²) in [6.07, 6.45) is -5.40. The largest absolute Gasteiger partial charge is 0.474 e. The molecule has 2 unspecified atom stereocenters. The molecule has 3 aliphatic heterocycles. The van der Waals surface area contributed by atoms with Crippen LogP contribution < -0.4 is 9.64 Å². The molecule has 0 spiro atoms. The van der Waals surface area contributed by atoms with Crippen LogP contribution in [0.5, 0.6) is 5.88 Å². The van der Waals surface area contributed by atoms with Gasteiger partial charge in [-0.3, -0.25) is 14.6 Å². The lowest BCUT2D eigenvalue weighted by molar-refractivity contribution is -0.214. The molecule has 2 fully saturated rings. The number of carboxylic acid groups (broad SMARTS) is 1. The smallest absolute Gasteiger partial charge is 0.407 e. The minimum absolute atomic E-state index is 0.0225. The maximum atomic E-state index is 14.1. The molecule has 11 nitrogen and oxygen atoms in total. The second-order valence-corrected chi connectivity index (χ2v) is 11.8. The lowest BCUT2D eigenvalue weighted by Crippen LogP contribution is -2.65. The number of alkyl halides is 3. The molecule has 45 heavy (non-hydrogen) atoms. The van der Waals surface area contributed by atoms with E-state index in [1.165, 1.54) is 21.9 Å². The fourth-order valence-electron chi connectivity index (χ4n) is 6.27. The molecule has 15 heteroatoms. The fraction of sp³-hybridized carbons (Fsp3) is 0.567. The predicted molar refractivity (Wildman–Crippen MR) is 154 cm³/mol. The van der Waals surface area contributed by atoms with Gasteiger partial charge in [0.2, 0.25) is 11.8 Å². The van der Waals surface area contributed by atoms with Crippen molar-refractivity contribution in [3.63, 3.8) is 0 Å². The van der Waals surface area contributed by atoms with Gasteiger partial charge in [-0.2, -0.15) is 13.2 Å². The summed E-state index contributed by atoms with van der Waals surface area (Å²) < 4.78 is 65.9. The van der Waals surface area contributed by atoms with Crippen molar-refractivity contribution in [1.29, 1.82) is 0 Å². The van der Waals surface area contributed by atoms with E-state index in [-0.39, 0.29) is 70.1 Å². The number of fused-ring (bicyclic) bond motifs is 1. The second kappa shape index (κ2) is 13.4. The summed E-state index contributed by atoms with van der Waals surface area (Å²) in [7, 11) is 0. The van der Waals surface area contributed by atoms with Crippen molar-refractivity contribution in [2.75, 3.05) is 57.4 Å². The topological polar surface area (TPSA) is 119 Å². The molecule has 1 aromatic carbocycles. The van der Waals surface area contributed by atoms with Crippen LogP contribution in [0.2, 0.25) is 0 Å². The summed E-state index contributed by atoms with van der Waals surface area (Å²) in [5, 5.41) is 19.8. The number of anilines is 1. The van der Waals surface area contributed by atoms with Gasteiger partial charge in [0.25, 0.3) is 0 Å². The summed E-state index contributed by atoms with van der Waals surface area (Å²) >= 11 is 0. The standard InChI is InChI=1S/C30H37F4N5O6/c1-18-11-37(23(13-38(18)29(42)43)12-36-7-8-44-17-26(36)30(32,33)34)14-27(41)39-19(2)16-45-28-25(39)10-21(24(15-40)35-28)9-20-3-5-22(31)6-4-20/h3-6,10,18-19,23,26,40H,7-9,11-17H2,1-2H3,(H,42,43)/t18-,19?,23+,26?/m1/s1. The number of pyridine rings is 1. The van der Waals surface area contributed by atoms with Crippen molar-refractivity contribution in [2.45, 2.75) is 57.2 Å². The number of benzene rings is 1. The molecule has 246 valence electrons. The van der Waals surface area contributed by atoms with Gasteiger partial charge in [-0.25, -0.2) is 14.2 Å². The summed E-state index contributed by atoms with van der Waals surface area (Å²) in [6.45, 7) is 2.66. The highest BCUT2D eigenvalue weighted by Crippen LogP contribution is 2.36. The Labute approximate surface area is 257 Å². The third-order valence-electron chi connectivity index (χ3n) is 8.63. The molecular formula is C30H37F4N5O6. The highest BCUT2D eigenvalue weighted by molar-refractivity contribution is 5.97. The molecule has 4 heterocycles. The van der Waals surface area contributed by atoms with Crippen LogP contribution >= 0.6 is 0 Å². The molecule has 3 aliphatic rings. The number of aliphatic hydroxyl groups excluding tert-OH is 1. The van der Waals surface area contributed by atoms with E-state index < -0.39 is 43.0 Å². The molecule has 0 bridgehead atoms. The Morgan fingerprint density at radius 1 is 1.07 bits per heavy atom. The zero-order chi connectivity index (χ0) is 32.5. The van der Waals surface area contributed by atoms with Crippen LogP contribution in [-0.2, 0) is 22.6 Å². The molecule has 0 aliphatic carbocycles. The SMILES string of the molecule is CC1COc2nc(CO)c(Cc3ccc(F)cc3)cc2N1C(=O)CN1C[C@@H](C)N(C(=O)O)C[C@@H]1CN1CCOCC1C(F)(F)F. The number of carbonyl (C=O) groups is 2. The second-order valence-electron chi connectivity index (χ2n) is 11.8. The summed E-state index contributed by atoms with van der Waals surface area (Å²) in [6, 6.07) is 4.17. The van der Waals surface area contributed by atoms with Crippen molar-refractivity contribution < 1.29 is 46.8 Å². The van der Waals surface area contributed by atoms with E-state index in [2.05, 4.69) is 4.98 Å².